The first-order chi connectivity index (χ1) is 15.1. The van der Waals surface area contributed by atoms with Crippen LogP contribution in [0.3, 0.4) is 0 Å². The van der Waals surface area contributed by atoms with Crippen molar-refractivity contribution < 1.29 is 9.53 Å². The van der Waals surface area contributed by atoms with Crippen LogP contribution in [0.25, 0.3) is 0 Å². The van der Waals surface area contributed by atoms with E-state index in [4.69, 9.17) is 33.0 Å². The molecule has 1 saturated heterocycles. The maximum Gasteiger partial charge on any atom is 0.410 e. The highest BCUT2D eigenvalue weighted by Gasteiger charge is 2.70. The summed E-state index contributed by atoms with van der Waals surface area (Å²) in [6.07, 6.45) is 8.36. The van der Waals surface area contributed by atoms with Gasteiger partial charge in [-0.25, -0.2) is 4.79 Å². The van der Waals surface area contributed by atoms with Crippen molar-refractivity contribution in [2.24, 2.45) is 5.41 Å². The minimum Gasteiger partial charge on any atom is -0.444 e. The Morgan fingerprint density at radius 2 is 1.97 bits per heavy atom. The van der Waals surface area contributed by atoms with E-state index in [9.17, 15) is 4.79 Å². The number of piperidine rings is 1. The zero-order valence-electron chi connectivity index (χ0n) is 19.1. The first-order valence-corrected chi connectivity index (χ1v) is 12.4. The molecule has 0 bridgehead atoms. The smallest absolute Gasteiger partial charge is 0.410 e. The molecule has 2 aliphatic carbocycles. The van der Waals surface area contributed by atoms with Crippen molar-refractivity contribution in [1.82, 2.24) is 14.7 Å². The van der Waals surface area contributed by atoms with Gasteiger partial charge >= 0.3 is 6.09 Å². The van der Waals surface area contributed by atoms with E-state index < -0.39 is 5.60 Å². The lowest BCUT2D eigenvalue weighted by atomic mass is 9.80. The summed E-state index contributed by atoms with van der Waals surface area (Å²) in [6.45, 7) is 7.89. The predicted molar refractivity (Wildman–Crippen MR) is 126 cm³/mol. The maximum atomic E-state index is 12.9. The fraction of sp³-hybridized carbons (Fsp3) is 0.600. The highest BCUT2D eigenvalue weighted by molar-refractivity contribution is 6.42. The zero-order valence-corrected chi connectivity index (χ0v) is 20.6. The number of amides is 1. The van der Waals surface area contributed by atoms with Crippen molar-refractivity contribution >= 4 is 29.3 Å². The molecule has 2 unspecified atom stereocenters. The van der Waals surface area contributed by atoms with Gasteiger partial charge in [0.2, 0.25) is 0 Å². The Balaban J connectivity index is 1.48. The SMILES string of the molecule is CC(C)(C)OC(=O)N1CCC2(c3ccc(Cl)c(Cl)c3)CC2(Cn2ncc3c2CCCC3)C1. The lowest BCUT2D eigenvalue weighted by Crippen LogP contribution is -2.48. The van der Waals surface area contributed by atoms with E-state index in [1.807, 2.05) is 44.0 Å². The molecule has 32 heavy (non-hydrogen) atoms. The minimum absolute atomic E-state index is 0.0206. The molecule has 0 N–H and O–H groups in total. The van der Waals surface area contributed by atoms with Gasteiger partial charge < -0.3 is 9.64 Å². The van der Waals surface area contributed by atoms with E-state index in [0.29, 0.717) is 23.1 Å². The number of benzene rings is 1. The number of carbonyl (C=O) groups excluding carboxylic acids is 1. The number of fused-ring (bicyclic) bond motifs is 2. The van der Waals surface area contributed by atoms with Crippen LogP contribution in [-0.4, -0.2) is 39.5 Å². The fourth-order valence-corrected chi connectivity index (χ4v) is 6.23. The lowest BCUT2D eigenvalue weighted by molar-refractivity contribution is 0.0123. The van der Waals surface area contributed by atoms with Crippen LogP contribution in [-0.2, 0) is 29.5 Å². The summed E-state index contributed by atoms with van der Waals surface area (Å²) in [5.74, 6) is 0. The summed E-state index contributed by atoms with van der Waals surface area (Å²) in [5.41, 5.74) is 3.36. The lowest BCUT2D eigenvalue weighted by Gasteiger charge is -2.39. The Morgan fingerprint density at radius 3 is 2.72 bits per heavy atom. The van der Waals surface area contributed by atoms with Crippen molar-refractivity contribution in [1.29, 1.82) is 0 Å². The van der Waals surface area contributed by atoms with E-state index in [1.165, 1.54) is 29.7 Å². The molecule has 0 radical (unpaired) electrons. The quantitative estimate of drug-likeness (QED) is 0.543. The Kier molecular flexibility index (Phi) is 5.29. The van der Waals surface area contributed by atoms with Gasteiger partial charge in [-0.05, 0) is 82.6 Å². The molecule has 1 saturated carbocycles. The number of halogens is 2. The van der Waals surface area contributed by atoms with E-state index >= 15 is 0 Å². The van der Waals surface area contributed by atoms with Crippen molar-refractivity contribution in [3.05, 3.63) is 51.3 Å². The number of aryl methyl sites for hydroxylation is 1. The zero-order chi connectivity index (χ0) is 22.7. The second-order valence-corrected chi connectivity index (χ2v) is 11.6. The van der Waals surface area contributed by atoms with Crippen molar-refractivity contribution in [2.75, 3.05) is 13.1 Å². The van der Waals surface area contributed by atoms with Gasteiger partial charge in [0.15, 0.2) is 0 Å². The second-order valence-electron chi connectivity index (χ2n) is 10.8. The fourth-order valence-electron chi connectivity index (χ4n) is 5.93. The van der Waals surface area contributed by atoms with E-state index in [-0.39, 0.29) is 16.9 Å². The largest absolute Gasteiger partial charge is 0.444 e. The number of hydrogen-bond acceptors (Lipinski definition) is 3. The van der Waals surface area contributed by atoms with Crippen LogP contribution in [0.15, 0.2) is 24.4 Å². The predicted octanol–water partition coefficient (Wildman–Crippen LogP) is 6.04. The molecule has 0 spiro atoms. The average Bonchev–Trinajstić information content (AvgIpc) is 3.25. The highest BCUT2D eigenvalue weighted by Crippen LogP contribution is 2.70. The Bertz CT molecular complexity index is 1060. The van der Waals surface area contributed by atoms with Gasteiger partial charge in [0.25, 0.3) is 0 Å². The minimum atomic E-state index is -0.507. The number of hydrogen-bond donors (Lipinski definition) is 0. The molecule has 2 heterocycles. The van der Waals surface area contributed by atoms with Crippen LogP contribution in [0.2, 0.25) is 10.0 Å². The number of nitrogens with zero attached hydrogens (tertiary/aromatic N) is 3. The number of likely N-dealkylation sites (tertiary alicyclic amines) is 1. The Labute approximate surface area is 200 Å². The molecule has 1 amide bonds. The molecule has 172 valence electrons. The molecule has 2 aromatic rings. The van der Waals surface area contributed by atoms with Gasteiger partial charge in [-0.2, -0.15) is 5.10 Å². The van der Waals surface area contributed by atoms with Crippen LogP contribution in [0.5, 0.6) is 0 Å². The molecule has 2 fully saturated rings. The van der Waals surface area contributed by atoms with Crippen molar-refractivity contribution in [3.63, 3.8) is 0 Å². The summed E-state index contributed by atoms with van der Waals surface area (Å²) in [4.78, 5) is 14.8. The standard InChI is InChI=1S/C25H31Cl2N3O2/c1-23(2,3)32-22(31)29-11-10-25(18-8-9-19(26)20(27)12-18)14-24(25,15-29)16-30-21-7-5-4-6-17(21)13-28-30/h8-9,12-13H,4-7,10-11,14-16H2,1-3H3. The topological polar surface area (TPSA) is 47.4 Å². The van der Waals surface area contributed by atoms with Crippen LogP contribution >= 0.6 is 23.2 Å². The molecular weight excluding hydrogens is 445 g/mol. The summed E-state index contributed by atoms with van der Waals surface area (Å²) in [7, 11) is 0. The van der Waals surface area contributed by atoms with E-state index in [1.54, 1.807) is 0 Å². The van der Waals surface area contributed by atoms with Gasteiger partial charge in [0.1, 0.15) is 5.60 Å². The van der Waals surface area contributed by atoms with Gasteiger partial charge in [0.05, 0.1) is 16.2 Å². The molecular formula is C25H31Cl2N3O2. The number of rotatable bonds is 3. The van der Waals surface area contributed by atoms with Crippen LogP contribution < -0.4 is 0 Å². The van der Waals surface area contributed by atoms with Crippen LogP contribution in [0.1, 0.15) is 63.3 Å². The molecule has 5 rings (SSSR count). The molecule has 7 heteroatoms. The second kappa shape index (κ2) is 7.66. The van der Waals surface area contributed by atoms with Gasteiger partial charge in [-0.3, -0.25) is 4.68 Å². The summed E-state index contributed by atoms with van der Waals surface area (Å²) in [6, 6.07) is 6.03. The van der Waals surface area contributed by atoms with Crippen molar-refractivity contribution in [3.8, 4) is 0 Å². The summed E-state index contributed by atoms with van der Waals surface area (Å²) < 4.78 is 7.93. The third-order valence-electron chi connectivity index (χ3n) is 7.55. The molecule has 5 nitrogen and oxygen atoms in total. The summed E-state index contributed by atoms with van der Waals surface area (Å²) in [5, 5.41) is 5.95. The molecule has 1 aromatic heterocycles. The molecule has 1 aliphatic heterocycles. The third-order valence-corrected chi connectivity index (χ3v) is 8.29. The Hall–Kier alpha value is -1.72. The Morgan fingerprint density at radius 1 is 1.19 bits per heavy atom. The number of aromatic nitrogens is 2. The van der Waals surface area contributed by atoms with E-state index in [0.717, 1.165) is 32.2 Å². The first kappa shape index (κ1) is 22.1. The average molecular weight is 476 g/mol. The molecule has 3 aliphatic rings. The highest BCUT2D eigenvalue weighted by atomic mass is 35.5. The summed E-state index contributed by atoms with van der Waals surface area (Å²) >= 11 is 12.6. The first-order valence-electron chi connectivity index (χ1n) is 11.6. The number of carbonyl (C=O) groups is 1. The normalized spacial score (nSPS) is 27.0. The van der Waals surface area contributed by atoms with Crippen LogP contribution in [0, 0.1) is 5.41 Å². The maximum absolute atomic E-state index is 12.9. The molecule has 1 aromatic carbocycles. The van der Waals surface area contributed by atoms with Gasteiger partial charge in [-0.1, -0.05) is 29.3 Å². The monoisotopic (exact) mass is 475 g/mol. The molecule has 2 atom stereocenters. The number of ether oxygens (including phenoxy) is 1. The van der Waals surface area contributed by atoms with Crippen LogP contribution in [0.4, 0.5) is 4.79 Å². The third kappa shape index (κ3) is 3.71. The van der Waals surface area contributed by atoms with Crippen molar-refractivity contribution in [2.45, 2.75) is 76.9 Å². The van der Waals surface area contributed by atoms with Gasteiger partial charge in [-0.15, -0.1) is 0 Å². The van der Waals surface area contributed by atoms with E-state index in [2.05, 4.69) is 10.7 Å². The van der Waals surface area contributed by atoms with Gasteiger partial charge in [0, 0.05) is 36.2 Å².